The van der Waals surface area contributed by atoms with Crippen LogP contribution in [0.3, 0.4) is 0 Å². The van der Waals surface area contributed by atoms with Crippen LogP contribution in [0.2, 0.25) is 0 Å². The first-order valence-electron chi connectivity index (χ1n) is 5.31. The van der Waals surface area contributed by atoms with Crippen LogP contribution >= 0.6 is 12.2 Å². The number of hydrogen-bond acceptors (Lipinski definition) is 3. The molecule has 0 bridgehead atoms. The van der Waals surface area contributed by atoms with Crippen LogP contribution in [0.5, 0.6) is 0 Å². The molecule has 0 amide bonds. The first-order valence-corrected chi connectivity index (χ1v) is 5.71. The lowest BCUT2D eigenvalue weighted by atomic mass is 10.1. The van der Waals surface area contributed by atoms with Crippen molar-refractivity contribution in [2.45, 2.75) is 25.8 Å². The summed E-state index contributed by atoms with van der Waals surface area (Å²) < 4.78 is 2.33. The summed E-state index contributed by atoms with van der Waals surface area (Å²) in [5.74, 6) is 0. The summed E-state index contributed by atoms with van der Waals surface area (Å²) >= 11 is 5.05. The summed E-state index contributed by atoms with van der Waals surface area (Å²) in [7, 11) is 0. The molecule has 0 aliphatic heterocycles. The van der Waals surface area contributed by atoms with Crippen LogP contribution in [0.15, 0.2) is 30.3 Å². The molecule has 2 rings (SSSR count). The minimum absolute atomic E-state index is 0.294. The number of hydrogen-bond donors (Lipinski definition) is 1. The number of benzene rings is 1. The lowest BCUT2D eigenvalue weighted by molar-refractivity contribution is 0.443. The highest BCUT2D eigenvalue weighted by Gasteiger charge is 2.06. The first-order chi connectivity index (χ1) is 7.77. The number of aryl methyl sites for hydroxylation is 1. The Kier molecular flexibility index (Phi) is 3.46. The van der Waals surface area contributed by atoms with Gasteiger partial charge in [0.05, 0.1) is 6.04 Å². The van der Waals surface area contributed by atoms with Crippen LogP contribution in [-0.2, 0) is 6.42 Å². The maximum absolute atomic E-state index is 5.05. The summed E-state index contributed by atoms with van der Waals surface area (Å²) in [6.45, 7) is 2.11. The second kappa shape index (κ2) is 5.03. The molecule has 0 aliphatic rings. The van der Waals surface area contributed by atoms with Gasteiger partial charge in [-0.15, -0.1) is 0 Å². The number of aromatic amines is 1. The van der Waals surface area contributed by atoms with Crippen LogP contribution < -0.4 is 0 Å². The van der Waals surface area contributed by atoms with Crippen molar-refractivity contribution in [2.75, 3.05) is 0 Å². The number of rotatable bonds is 4. The summed E-state index contributed by atoms with van der Waals surface area (Å²) in [5, 5.41) is 10.2. The molecule has 0 saturated heterocycles. The smallest absolute Gasteiger partial charge is 0.238 e. The number of H-pyrrole nitrogens is 1. The topological polar surface area (TPSA) is 46.5 Å². The molecule has 84 valence electrons. The van der Waals surface area contributed by atoms with E-state index in [1.165, 1.54) is 5.56 Å². The highest BCUT2D eigenvalue weighted by Crippen LogP contribution is 2.13. The predicted octanol–water partition coefficient (Wildman–Crippen LogP) is 2.53. The molecule has 1 N–H and O–H groups in total. The number of nitrogens with zero attached hydrogens (tertiary/aromatic N) is 3. The van der Waals surface area contributed by atoms with Crippen LogP contribution in [0.1, 0.15) is 24.9 Å². The molecule has 0 aliphatic carbocycles. The number of aromatic nitrogens is 4. The van der Waals surface area contributed by atoms with Crippen LogP contribution in [-0.4, -0.2) is 20.2 Å². The van der Waals surface area contributed by atoms with Crippen molar-refractivity contribution in [2.24, 2.45) is 0 Å². The lowest BCUT2D eigenvalue weighted by Gasteiger charge is -2.11. The molecule has 1 heterocycles. The zero-order valence-electron chi connectivity index (χ0n) is 9.13. The minimum atomic E-state index is 0.294. The molecule has 1 aromatic carbocycles. The Hall–Kier alpha value is -1.49. The van der Waals surface area contributed by atoms with Gasteiger partial charge < -0.3 is 0 Å². The Bertz CT molecular complexity index is 488. The Balaban J connectivity index is 1.97. The molecule has 5 heteroatoms. The van der Waals surface area contributed by atoms with Gasteiger partial charge >= 0.3 is 0 Å². The standard InChI is InChI=1S/C11H14N4S/c1-9(15-11(16)12-13-14-15)7-8-10-5-3-2-4-6-10/h2-6,9H,7-8H2,1H3,(H,12,14,16). The molecular formula is C11H14N4S. The number of tetrazole rings is 1. The largest absolute Gasteiger partial charge is 0.240 e. The van der Waals surface area contributed by atoms with Gasteiger partial charge in [0.2, 0.25) is 4.77 Å². The summed E-state index contributed by atoms with van der Waals surface area (Å²) in [6, 6.07) is 10.7. The molecule has 1 aromatic heterocycles. The van der Waals surface area contributed by atoms with Gasteiger partial charge in [-0.25, -0.2) is 4.68 Å². The zero-order valence-corrected chi connectivity index (χ0v) is 9.94. The average molecular weight is 234 g/mol. The van der Waals surface area contributed by atoms with E-state index in [4.69, 9.17) is 12.2 Å². The maximum Gasteiger partial charge on any atom is 0.238 e. The summed E-state index contributed by atoms with van der Waals surface area (Å²) in [5.41, 5.74) is 1.34. The third-order valence-electron chi connectivity index (χ3n) is 2.63. The van der Waals surface area contributed by atoms with Gasteiger partial charge in [0, 0.05) is 0 Å². The van der Waals surface area contributed by atoms with E-state index in [-0.39, 0.29) is 0 Å². The third-order valence-corrected chi connectivity index (χ3v) is 2.91. The van der Waals surface area contributed by atoms with Gasteiger partial charge in [0.15, 0.2) is 0 Å². The fourth-order valence-corrected chi connectivity index (χ4v) is 1.90. The molecule has 0 spiro atoms. The number of nitrogens with one attached hydrogen (secondary N) is 1. The van der Waals surface area contributed by atoms with Crippen molar-refractivity contribution < 1.29 is 0 Å². The van der Waals surface area contributed by atoms with Crippen LogP contribution in [0.4, 0.5) is 0 Å². The van der Waals surface area contributed by atoms with E-state index < -0.39 is 0 Å². The Labute approximate surface area is 99.3 Å². The fourth-order valence-electron chi connectivity index (χ4n) is 1.64. The Morgan fingerprint density at radius 3 is 2.75 bits per heavy atom. The van der Waals surface area contributed by atoms with Gasteiger partial charge in [0.1, 0.15) is 0 Å². The highest BCUT2D eigenvalue weighted by molar-refractivity contribution is 7.71. The van der Waals surface area contributed by atoms with E-state index in [9.17, 15) is 0 Å². The van der Waals surface area contributed by atoms with Crippen LogP contribution in [0.25, 0.3) is 0 Å². The molecule has 1 unspecified atom stereocenters. The molecule has 0 saturated carbocycles. The summed E-state index contributed by atoms with van der Waals surface area (Å²) in [6.07, 6.45) is 2.05. The van der Waals surface area contributed by atoms with Crippen molar-refractivity contribution in [3.05, 3.63) is 40.7 Å². The van der Waals surface area contributed by atoms with Gasteiger partial charge in [0.25, 0.3) is 0 Å². The summed E-state index contributed by atoms with van der Waals surface area (Å²) in [4.78, 5) is 0. The lowest BCUT2D eigenvalue weighted by Crippen LogP contribution is -2.08. The van der Waals surface area contributed by atoms with E-state index in [1.54, 1.807) is 0 Å². The minimum Gasteiger partial charge on any atom is -0.240 e. The van der Waals surface area contributed by atoms with Crippen molar-refractivity contribution in [1.29, 1.82) is 0 Å². The normalized spacial score (nSPS) is 12.6. The van der Waals surface area contributed by atoms with Gasteiger partial charge in [-0.3, -0.25) is 0 Å². The molecule has 0 radical (unpaired) electrons. The molecule has 0 fully saturated rings. The molecule has 16 heavy (non-hydrogen) atoms. The van der Waals surface area contributed by atoms with E-state index in [2.05, 4.69) is 46.7 Å². The van der Waals surface area contributed by atoms with Crippen molar-refractivity contribution in [3.8, 4) is 0 Å². The fraction of sp³-hybridized carbons (Fsp3) is 0.364. The average Bonchev–Trinajstić information content (AvgIpc) is 2.74. The van der Waals surface area contributed by atoms with Crippen molar-refractivity contribution in [1.82, 2.24) is 20.2 Å². The molecule has 4 nitrogen and oxygen atoms in total. The Morgan fingerprint density at radius 1 is 1.38 bits per heavy atom. The van der Waals surface area contributed by atoms with Crippen molar-refractivity contribution >= 4 is 12.2 Å². The van der Waals surface area contributed by atoms with E-state index >= 15 is 0 Å². The quantitative estimate of drug-likeness (QED) is 0.827. The second-order valence-corrected chi connectivity index (χ2v) is 4.19. The third kappa shape index (κ3) is 2.55. The molecule has 2 aromatic rings. The molecular weight excluding hydrogens is 220 g/mol. The maximum atomic E-state index is 5.05. The van der Waals surface area contributed by atoms with Gasteiger partial charge in [-0.05, 0) is 37.5 Å². The zero-order chi connectivity index (χ0) is 11.4. The predicted molar refractivity (Wildman–Crippen MR) is 64.7 cm³/mol. The Morgan fingerprint density at radius 2 is 2.12 bits per heavy atom. The molecule has 1 atom stereocenters. The van der Waals surface area contributed by atoms with E-state index in [0.717, 1.165) is 12.8 Å². The van der Waals surface area contributed by atoms with E-state index in [0.29, 0.717) is 10.8 Å². The second-order valence-electron chi connectivity index (χ2n) is 3.83. The van der Waals surface area contributed by atoms with Gasteiger partial charge in [-0.1, -0.05) is 40.6 Å². The van der Waals surface area contributed by atoms with Gasteiger partial charge in [-0.2, -0.15) is 5.21 Å². The van der Waals surface area contributed by atoms with E-state index in [1.807, 2.05) is 10.7 Å². The van der Waals surface area contributed by atoms with Crippen molar-refractivity contribution in [3.63, 3.8) is 0 Å². The highest BCUT2D eigenvalue weighted by atomic mass is 32.1. The SMILES string of the molecule is CC(CCc1ccccc1)n1[nH]nnc1=S. The van der Waals surface area contributed by atoms with Crippen LogP contribution in [0, 0.1) is 4.77 Å². The monoisotopic (exact) mass is 234 g/mol. The first kappa shape index (κ1) is 11.0.